The van der Waals surface area contributed by atoms with Crippen LogP contribution in [-0.4, -0.2) is 14.5 Å². The molecule has 4 rings (SSSR count). The molecular weight excluding hydrogens is 370 g/mol. The number of aromatic amines is 1. The molecule has 1 N–H and O–H groups in total. The molecule has 4 aromatic rings. The van der Waals surface area contributed by atoms with Crippen LogP contribution in [0.15, 0.2) is 53.3 Å². The average molecular weight is 383 g/mol. The maximum atomic E-state index is 12.9. The maximum absolute atomic E-state index is 12.9. The lowest BCUT2D eigenvalue weighted by Crippen LogP contribution is -2.22. The first kappa shape index (κ1) is 16.6. The van der Waals surface area contributed by atoms with Crippen molar-refractivity contribution in [2.45, 2.75) is 13.0 Å². The fraction of sp³-hybridized carbons (Fsp3) is 0.111. The smallest absolute Gasteiger partial charge is 0.272 e. The normalized spacial score (nSPS) is 11.2. The van der Waals surface area contributed by atoms with Gasteiger partial charge in [-0.2, -0.15) is 0 Å². The number of nitro groups is 1. The lowest BCUT2D eigenvalue weighted by atomic mass is 10.1. The molecule has 6 nitrogen and oxygen atoms in total. The molecular formula is C18H13N3O3S2. The third-order valence-corrected chi connectivity index (χ3v) is 5.75. The van der Waals surface area contributed by atoms with Crippen LogP contribution in [0.1, 0.15) is 5.56 Å². The molecule has 0 atom stereocenters. The van der Waals surface area contributed by atoms with Gasteiger partial charge >= 0.3 is 0 Å². The Morgan fingerprint density at radius 1 is 1.19 bits per heavy atom. The molecule has 0 unspecified atom stereocenters. The van der Waals surface area contributed by atoms with Crippen LogP contribution in [0.2, 0.25) is 0 Å². The number of benzene rings is 2. The summed E-state index contributed by atoms with van der Waals surface area (Å²) >= 11 is 6.69. The predicted molar refractivity (Wildman–Crippen MR) is 106 cm³/mol. The second-order valence-electron chi connectivity index (χ2n) is 5.87. The first-order chi connectivity index (χ1) is 12.5. The van der Waals surface area contributed by atoms with Crippen LogP contribution in [0.25, 0.3) is 20.3 Å². The van der Waals surface area contributed by atoms with Gasteiger partial charge in [-0.1, -0.05) is 30.3 Å². The van der Waals surface area contributed by atoms with Gasteiger partial charge in [0.2, 0.25) is 0 Å². The van der Waals surface area contributed by atoms with E-state index >= 15 is 0 Å². The van der Waals surface area contributed by atoms with Gasteiger partial charge < -0.3 is 4.98 Å². The van der Waals surface area contributed by atoms with E-state index in [0.717, 1.165) is 10.3 Å². The van der Waals surface area contributed by atoms with Crippen LogP contribution in [-0.2, 0) is 13.0 Å². The van der Waals surface area contributed by atoms with Crippen LogP contribution in [0.5, 0.6) is 0 Å². The third kappa shape index (κ3) is 2.83. The Labute approximate surface area is 156 Å². The lowest BCUT2D eigenvalue weighted by Gasteiger charge is -2.06. The van der Waals surface area contributed by atoms with Crippen LogP contribution < -0.4 is 5.56 Å². The summed E-state index contributed by atoms with van der Waals surface area (Å²) in [4.78, 5) is 26.6. The van der Waals surface area contributed by atoms with Gasteiger partial charge in [0.05, 0.1) is 10.4 Å². The molecule has 26 heavy (non-hydrogen) atoms. The molecule has 130 valence electrons. The fourth-order valence-electron chi connectivity index (χ4n) is 2.95. The average Bonchev–Trinajstić information content (AvgIpc) is 3.00. The number of rotatable bonds is 4. The SMILES string of the molecule is O=c1c2sc3ccc([N+](=O)[O-])cc3c2[nH]c(=S)n1CCc1ccccc1. The minimum atomic E-state index is -0.446. The van der Waals surface area contributed by atoms with Gasteiger partial charge in [-0.05, 0) is 30.3 Å². The Bertz CT molecular complexity index is 1260. The number of nitro benzene ring substituents is 1. The second kappa shape index (κ2) is 6.47. The zero-order valence-corrected chi connectivity index (χ0v) is 15.1. The zero-order chi connectivity index (χ0) is 18.3. The van der Waals surface area contributed by atoms with E-state index in [1.807, 2.05) is 30.3 Å². The van der Waals surface area contributed by atoms with Crippen molar-refractivity contribution in [2.75, 3.05) is 0 Å². The third-order valence-electron chi connectivity index (χ3n) is 4.27. The van der Waals surface area contributed by atoms with E-state index in [2.05, 4.69) is 4.98 Å². The number of fused-ring (bicyclic) bond motifs is 3. The Hall–Kier alpha value is -2.84. The predicted octanol–water partition coefficient (Wildman–Crippen LogP) is 4.42. The number of nitrogens with one attached hydrogen (secondary N) is 1. The van der Waals surface area contributed by atoms with E-state index in [4.69, 9.17) is 12.2 Å². The molecule has 0 saturated heterocycles. The van der Waals surface area contributed by atoms with Gasteiger partial charge in [0.15, 0.2) is 4.77 Å². The standard InChI is InChI=1S/C18H13N3O3S2/c22-17-16-15(13-10-12(21(23)24)6-7-14(13)26-16)19-18(25)20(17)9-8-11-4-2-1-3-5-11/h1-7,10H,8-9H2,(H,19,25). The number of hydrogen-bond donors (Lipinski definition) is 1. The van der Waals surface area contributed by atoms with Crippen molar-refractivity contribution in [3.8, 4) is 0 Å². The van der Waals surface area contributed by atoms with Crippen molar-refractivity contribution in [1.29, 1.82) is 0 Å². The molecule has 2 aromatic carbocycles. The van der Waals surface area contributed by atoms with Gasteiger partial charge in [0.1, 0.15) is 4.70 Å². The van der Waals surface area contributed by atoms with Crippen molar-refractivity contribution in [2.24, 2.45) is 0 Å². The quantitative estimate of drug-likeness (QED) is 0.321. The van der Waals surface area contributed by atoms with Crippen molar-refractivity contribution < 1.29 is 4.92 Å². The Balaban J connectivity index is 1.84. The van der Waals surface area contributed by atoms with Crippen molar-refractivity contribution in [3.05, 3.63) is 79.3 Å². The molecule has 0 saturated carbocycles. The zero-order valence-electron chi connectivity index (χ0n) is 13.5. The molecule has 0 bridgehead atoms. The highest BCUT2D eigenvalue weighted by atomic mass is 32.1. The van der Waals surface area contributed by atoms with Gasteiger partial charge in [-0.25, -0.2) is 0 Å². The minimum Gasteiger partial charge on any atom is -0.330 e. The monoisotopic (exact) mass is 383 g/mol. The fourth-order valence-corrected chi connectivity index (χ4v) is 4.32. The first-order valence-electron chi connectivity index (χ1n) is 7.92. The maximum Gasteiger partial charge on any atom is 0.272 e. The summed E-state index contributed by atoms with van der Waals surface area (Å²) in [5, 5.41) is 11.7. The van der Waals surface area contributed by atoms with E-state index in [9.17, 15) is 14.9 Å². The lowest BCUT2D eigenvalue weighted by molar-refractivity contribution is -0.384. The molecule has 8 heteroatoms. The topological polar surface area (TPSA) is 80.9 Å². The Morgan fingerprint density at radius 2 is 1.96 bits per heavy atom. The van der Waals surface area contributed by atoms with Gasteiger partial charge in [-0.3, -0.25) is 19.5 Å². The highest BCUT2D eigenvalue weighted by molar-refractivity contribution is 7.71. The highest BCUT2D eigenvalue weighted by Crippen LogP contribution is 2.32. The van der Waals surface area contributed by atoms with E-state index in [1.165, 1.54) is 23.5 Å². The molecule has 0 spiro atoms. The summed E-state index contributed by atoms with van der Waals surface area (Å²) in [5.41, 5.74) is 1.52. The molecule has 2 aromatic heterocycles. The number of hydrogen-bond acceptors (Lipinski definition) is 5. The highest BCUT2D eigenvalue weighted by Gasteiger charge is 2.15. The number of thiophene rings is 1. The molecule has 0 aliphatic rings. The van der Waals surface area contributed by atoms with Crippen molar-refractivity contribution in [3.63, 3.8) is 0 Å². The van der Waals surface area contributed by atoms with E-state index < -0.39 is 4.92 Å². The number of H-pyrrole nitrogens is 1. The summed E-state index contributed by atoms with van der Waals surface area (Å²) in [7, 11) is 0. The minimum absolute atomic E-state index is 0.00947. The largest absolute Gasteiger partial charge is 0.330 e. The van der Waals surface area contributed by atoms with Crippen LogP contribution in [0.4, 0.5) is 5.69 Å². The van der Waals surface area contributed by atoms with E-state index in [-0.39, 0.29) is 11.2 Å². The van der Waals surface area contributed by atoms with Crippen LogP contribution >= 0.6 is 23.6 Å². The van der Waals surface area contributed by atoms with Crippen LogP contribution in [0.3, 0.4) is 0 Å². The summed E-state index contributed by atoms with van der Waals surface area (Å²) in [6.07, 6.45) is 0.695. The summed E-state index contributed by atoms with van der Waals surface area (Å²) < 4.78 is 3.22. The molecule has 2 heterocycles. The number of nitrogens with zero attached hydrogens (tertiary/aromatic N) is 2. The van der Waals surface area contributed by atoms with Crippen molar-refractivity contribution in [1.82, 2.24) is 9.55 Å². The molecule has 0 aliphatic heterocycles. The number of aryl methyl sites for hydroxylation is 1. The Kier molecular flexibility index (Phi) is 4.14. The number of non-ortho nitro benzene ring substituents is 1. The second-order valence-corrected chi connectivity index (χ2v) is 7.31. The Morgan fingerprint density at radius 3 is 2.69 bits per heavy atom. The molecule has 0 aliphatic carbocycles. The summed E-state index contributed by atoms with van der Waals surface area (Å²) in [6.45, 7) is 0.475. The summed E-state index contributed by atoms with van der Waals surface area (Å²) in [5.74, 6) is 0. The number of aromatic nitrogens is 2. The van der Waals surface area contributed by atoms with Gasteiger partial charge in [0.25, 0.3) is 11.2 Å². The van der Waals surface area contributed by atoms with Crippen molar-refractivity contribution >= 4 is 49.5 Å². The molecule has 0 fully saturated rings. The molecule has 0 amide bonds. The summed E-state index contributed by atoms with van der Waals surface area (Å²) in [6, 6.07) is 14.5. The van der Waals surface area contributed by atoms with Gasteiger partial charge in [0, 0.05) is 28.8 Å². The van der Waals surface area contributed by atoms with E-state index in [0.29, 0.717) is 33.3 Å². The molecule has 0 radical (unpaired) electrons. The van der Waals surface area contributed by atoms with Crippen LogP contribution in [0, 0.1) is 14.9 Å². The van der Waals surface area contributed by atoms with E-state index in [1.54, 1.807) is 10.6 Å². The first-order valence-corrected chi connectivity index (χ1v) is 9.15. The van der Waals surface area contributed by atoms with Gasteiger partial charge in [-0.15, -0.1) is 11.3 Å².